The van der Waals surface area contributed by atoms with Gasteiger partial charge in [0.15, 0.2) is 0 Å². The Kier molecular flexibility index (Phi) is 6.28. The number of carbonyl (C=O) groups excluding carboxylic acids is 2. The summed E-state index contributed by atoms with van der Waals surface area (Å²) < 4.78 is 5.59. The number of Topliss-reactive ketones (excluding diaryl/α,β-unsaturated/α-hetero) is 1. The summed E-state index contributed by atoms with van der Waals surface area (Å²) in [5, 5.41) is 20.0. The van der Waals surface area contributed by atoms with Crippen LogP contribution in [0.25, 0.3) is 0 Å². The molecule has 1 amide bonds. The molecule has 8 heteroatoms. The van der Waals surface area contributed by atoms with Gasteiger partial charge in [0.05, 0.1) is 6.10 Å². The highest BCUT2D eigenvalue weighted by atomic mass is 32.2. The summed E-state index contributed by atoms with van der Waals surface area (Å²) in [5.74, 6) is -5.19. The third kappa shape index (κ3) is 3.75. The fourth-order valence-corrected chi connectivity index (χ4v) is 3.96. The predicted molar refractivity (Wildman–Crippen MR) is 88.6 cm³/mol. The van der Waals surface area contributed by atoms with Crippen LogP contribution in [0.2, 0.25) is 0 Å². The van der Waals surface area contributed by atoms with Crippen LogP contribution < -0.4 is 0 Å². The van der Waals surface area contributed by atoms with Crippen molar-refractivity contribution in [1.29, 1.82) is 0 Å². The standard InChI is InChI=1S/C16H25NO6S/c1-10-6-7-11(9-24-2)23-16(10,22)13(18)14(19)17-8-4-3-5-12(17)15(20)21/h10-12,22H,3-9H2,1-2H3,(H,20,21). The molecule has 2 aliphatic heterocycles. The van der Waals surface area contributed by atoms with E-state index in [-0.39, 0.29) is 12.6 Å². The van der Waals surface area contributed by atoms with Crippen LogP contribution in [0.15, 0.2) is 0 Å². The number of thioether (sulfide) groups is 1. The van der Waals surface area contributed by atoms with E-state index >= 15 is 0 Å². The van der Waals surface area contributed by atoms with Crippen molar-refractivity contribution < 1.29 is 29.3 Å². The molecular formula is C16H25NO6S. The Hall–Kier alpha value is -1.12. The molecule has 2 heterocycles. The van der Waals surface area contributed by atoms with E-state index < -0.39 is 35.4 Å². The molecule has 0 bridgehead atoms. The average Bonchev–Trinajstić information content (AvgIpc) is 2.57. The van der Waals surface area contributed by atoms with Gasteiger partial charge in [0.2, 0.25) is 5.79 Å². The SMILES string of the molecule is CSCC1CCC(C)C(O)(C(=O)C(=O)N2CCCCC2C(=O)O)O1. The molecule has 0 aromatic heterocycles. The summed E-state index contributed by atoms with van der Waals surface area (Å²) in [7, 11) is 0. The Labute approximate surface area is 145 Å². The lowest BCUT2D eigenvalue weighted by molar-refractivity contribution is -0.258. The third-order valence-corrected chi connectivity index (χ3v) is 5.56. The van der Waals surface area contributed by atoms with Gasteiger partial charge in [-0.05, 0) is 38.4 Å². The first-order valence-corrected chi connectivity index (χ1v) is 9.68. The molecule has 0 spiro atoms. The van der Waals surface area contributed by atoms with Gasteiger partial charge in [-0.25, -0.2) is 4.79 Å². The zero-order chi connectivity index (χ0) is 17.9. The van der Waals surface area contributed by atoms with Crippen molar-refractivity contribution in [3.63, 3.8) is 0 Å². The van der Waals surface area contributed by atoms with Crippen LogP contribution in [0.5, 0.6) is 0 Å². The minimum absolute atomic E-state index is 0.209. The van der Waals surface area contributed by atoms with Crippen LogP contribution in [0, 0.1) is 5.92 Å². The van der Waals surface area contributed by atoms with Crippen molar-refractivity contribution in [3.05, 3.63) is 0 Å². The maximum Gasteiger partial charge on any atom is 0.326 e. The number of carboxylic acid groups (broad SMARTS) is 1. The highest BCUT2D eigenvalue weighted by molar-refractivity contribution is 7.98. The molecular weight excluding hydrogens is 334 g/mol. The topological polar surface area (TPSA) is 104 Å². The van der Waals surface area contributed by atoms with Crippen LogP contribution in [0.4, 0.5) is 0 Å². The van der Waals surface area contributed by atoms with Crippen LogP contribution in [-0.2, 0) is 19.1 Å². The summed E-state index contributed by atoms with van der Waals surface area (Å²) in [4.78, 5) is 37.7. The lowest BCUT2D eigenvalue weighted by Gasteiger charge is -2.41. The van der Waals surface area contributed by atoms with Crippen molar-refractivity contribution in [2.45, 2.75) is 57.0 Å². The van der Waals surface area contributed by atoms with Crippen LogP contribution >= 0.6 is 11.8 Å². The molecule has 2 rings (SSSR count). The van der Waals surface area contributed by atoms with Gasteiger partial charge < -0.3 is 19.8 Å². The van der Waals surface area contributed by atoms with Gasteiger partial charge in [0.25, 0.3) is 11.7 Å². The number of hydrogen-bond acceptors (Lipinski definition) is 6. The average molecular weight is 359 g/mol. The number of carbonyl (C=O) groups is 3. The van der Waals surface area contributed by atoms with E-state index in [1.165, 1.54) is 0 Å². The fraction of sp³-hybridized carbons (Fsp3) is 0.812. The molecule has 0 aliphatic carbocycles. The maximum atomic E-state index is 12.7. The summed E-state index contributed by atoms with van der Waals surface area (Å²) in [6, 6.07) is -1.01. The summed E-state index contributed by atoms with van der Waals surface area (Å²) >= 11 is 1.54. The maximum absolute atomic E-state index is 12.7. The Morgan fingerprint density at radius 2 is 1.96 bits per heavy atom. The first-order valence-electron chi connectivity index (χ1n) is 8.28. The Bertz CT molecular complexity index is 513. The zero-order valence-electron chi connectivity index (χ0n) is 14.1. The smallest absolute Gasteiger partial charge is 0.326 e. The van der Waals surface area contributed by atoms with Gasteiger partial charge >= 0.3 is 5.97 Å². The van der Waals surface area contributed by atoms with E-state index in [9.17, 15) is 24.6 Å². The van der Waals surface area contributed by atoms with E-state index in [2.05, 4.69) is 0 Å². The number of piperidine rings is 1. The van der Waals surface area contributed by atoms with Crippen LogP contribution in [-0.4, -0.2) is 69.3 Å². The normalized spacial score (nSPS) is 34.0. The van der Waals surface area contributed by atoms with E-state index in [4.69, 9.17) is 4.74 Å². The number of nitrogens with zero attached hydrogens (tertiary/aromatic N) is 1. The molecule has 24 heavy (non-hydrogen) atoms. The summed E-state index contributed by atoms with van der Waals surface area (Å²) in [6.07, 6.45) is 4.55. The first kappa shape index (κ1) is 19.2. The number of ether oxygens (including phenoxy) is 1. The van der Waals surface area contributed by atoms with Crippen molar-refractivity contribution in [2.24, 2.45) is 5.92 Å². The van der Waals surface area contributed by atoms with Crippen molar-refractivity contribution in [3.8, 4) is 0 Å². The number of likely N-dealkylation sites (tertiary alicyclic amines) is 1. The quantitative estimate of drug-likeness (QED) is 0.702. The molecule has 0 saturated carbocycles. The lowest BCUT2D eigenvalue weighted by atomic mass is 9.87. The highest BCUT2D eigenvalue weighted by Crippen LogP contribution is 2.35. The van der Waals surface area contributed by atoms with Crippen molar-refractivity contribution in [1.82, 2.24) is 4.90 Å². The molecule has 136 valence electrons. The second kappa shape index (κ2) is 7.84. The van der Waals surface area contributed by atoms with E-state index in [0.717, 1.165) is 4.90 Å². The minimum Gasteiger partial charge on any atom is -0.480 e. The molecule has 2 N–H and O–H groups in total. The van der Waals surface area contributed by atoms with E-state index in [1.807, 2.05) is 6.26 Å². The van der Waals surface area contributed by atoms with Gasteiger partial charge in [0.1, 0.15) is 6.04 Å². The first-order chi connectivity index (χ1) is 11.3. The van der Waals surface area contributed by atoms with Gasteiger partial charge in [-0.3, -0.25) is 9.59 Å². The number of amides is 1. The molecule has 4 unspecified atom stereocenters. The molecule has 0 radical (unpaired) electrons. The summed E-state index contributed by atoms with van der Waals surface area (Å²) in [5.41, 5.74) is 0. The van der Waals surface area contributed by atoms with Gasteiger partial charge in [-0.15, -0.1) is 0 Å². The number of aliphatic carboxylic acids is 1. The molecule has 2 saturated heterocycles. The third-order valence-electron chi connectivity index (χ3n) is 4.86. The number of aliphatic hydroxyl groups is 1. The lowest BCUT2D eigenvalue weighted by Crippen LogP contribution is -2.60. The van der Waals surface area contributed by atoms with E-state index in [1.54, 1.807) is 18.7 Å². The van der Waals surface area contributed by atoms with Gasteiger partial charge in [0, 0.05) is 18.2 Å². The summed E-state index contributed by atoms with van der Waals surface area (Å²) in [6.45, 7) is 1.88. The number of carboxylic acids is 1. The Balaban J connectivity index is 2.18. The molecule has 0 aromatic carbocycles. The molecule has 4 atom stereocenters. The number of ketones is 1. The monoisotopic (exact) mass is 359 g/mol. The minimum atomic E-state index is -2.17. The van der Waals surface area contributed by atoms with Gasteiger partial charge in [-0.1, -0.05) is 6.92 Å². The second-order valence-corrected chi connectivity index (χ2v) is 7.46. The Morgan fingerprint density at radius 3 is 2.58 bits per heavy atom. The number of hydrogen-bond donors (Lipinski definition) is 2. The molecule has 2 aliphatic rings. The molecule has 7 nitrogen and oxygen atoms in total. The zero-order valence-corrected chi connectivity index (χ0v) is 14.9. The van der Waals surface area contributed by atoms with Crippen molar-refractivity contribution in [2.75, 3.05) is 18.6 Å². The second-order valence-electron chi connectivity index (χ2n) is 6.55. The largest absolute Gasteiger partial charge is 0.480 e. The Morgan fingerprint density at radius 1 is 1.25 bits per heavy atom. The van der Waals surface area contributed by atoms with Crippen LogP contribution in [0.3, 0.4) is 0 Å². The van der Waals surface area contributed by atoms with E-state index in [0.29, 0.717) is 37.9 Å². The molecule has 2 fully saturated rings. The van der Waals surface area contributed by atoms with Crippen molar-refractivity contribution >= 4 is 29.4 Å². The van der Waals surface area contributed by atoms with Gasteiger partial charge in [-0.2, -0.15) is 11.8 Å². The highest BCUT2D eigenvalue weighted by Gasteiger charge is 2.52. The van der Waals surface area contributed by atoms with Crippen LogP contribution in [0.1, 0.15) is 39.0 Å². The fourth-order valence-electron chi connectivity index (χ4n) is 3.36. The molecule has 0 aromatic rings. The predicted octanol–water partition coefficient (Wildman–Crippen LogP) is 0.888. The number of rotatable bonds is 5.